The number of para-hydroxylation sites is 1. The molecule has 1 aliphatic rings. The molecule has 0 spiro atoms. The second kappa shape index (κ2) is 17.0. The number of rotatable bonds is 12. The highest BCUT2D eigenvalue weighted by atomic mass is 32.2. The first-order valence-corrected chi connectivity index (χ1v) is 12.7. The van der Waals surface area contributed by atoms with Crippen molar-refractivity contribution in [3.05, 3.63) is 65.7 Å². The monoisotopic (exact) mass is 473 g/mol. The van der Waals surface area contributed by atoms with Crippen LogP contribution in [0.3, 0.4) is 0 Å². The predicted octanol–water partition coefficient (Wildman–Crippen LogP) is 4.67. The summed E-state index contributed by atoms with van der Waals surface area (Å²) in [5.41, 5.74) is 8.22. The van der Waals surface area contributed by atoms with E-state index < -0.39 is 0 Å². The fourth-order valence-corrected chi connectivity index (χ4v) is 4.83. The van der Waals surface area contributed by atoms with E-state index in [-0.39, 0.29) is 11.8 Å². The molecule has 33 heavy (non-hydrogen) atoms. The van der Waals surface area contributed by atoms with Crippen LogP contribution in [0.2, 0.25) is 0 Å². The summed E-state index contributed by atoms with van der Waals surface area (Å²) in [6, 6.07) is 19.0. The highest BCUT2D eigenvalue weighted by Gasteiger charge is 2.41. The van der Waals surface area contributed by atoms with Crippen LogP contribution in [-0.4, -0.2) is 38.8 Å². The van der Waals surface area contributed by atoms with Crippen molar-refractivity contribution in [3.63, 3.8) is 0 Å². The van der Waals surface area contributed by atoms with E-state index >= 15 is 0 Å². The molecule has 2 amide bonds. The van der Waals surface area contributed by atoms with Gasteiger partial charge in [-0.25, -0.2) is 0 Å². The summed E-state index contributed by atoms with van der Waals surface area (Å²) < 4.78 is 8.25. The lowest BCUT2D eigenvalue weighted by Crippen LogP contribution is -2.34. The summed E-state index contributed by atoms with van der Waals surface area (Å²) in [5.74, 6) is 0. The van der Waals surface area contributed by atoms with Crippen LogP contribution in [0.15, 0.2) is 54.6 Å². The molecule has 0 aliphatic carbocycles. The third kappa shape index (κ3) is 9.10. The zero-order valence-electron chi connectivity index (χ0n) is 20.2. The molecule has 1 aliphatic heterocycles. The van der Waals surface area contributed by atoms with Gasteiger partial charge in [0.2, 0.25) is 12.8 Å². The van der Waals surface area contributed by atoms with Gasteiger partial charge in [0, 0.05) is 31.4 Å². The van der Waals surface area contributed by atoms with E-state index in [9.17, 15) is 4.79 Å². The zero-order valence-corrected chi connectivity index (χ0v) is 21.0. The van der Waals surface area contributed by atoms with Crippen LogP contribution in [0.4, 0.5) is 5.69 Å². The number of fused-ring (bicyclic) bond motifs is 1. The number of nitrogens with zero attached hydrogens (tertiary/aromatic N) is 1. The van der Waals surface area contributed by atoms with Crippen molar-refractivity contribution in [2.24, 2.45) is 5.73 Å². The third-order valence-corrected chi connectivity index (χ3v) is 6.31. The molecule has 0 radical (unpaired) electrons. The minimum absolute atomic E-state index is 0.0923. The largest absolute Gasteiger partial charge is 0.377 e. The molecule has 6 nitrogen and oxygen atoms in total. The second-order valence-corrected chi connectivity index (χ2v) is 8.28. The Morgan fingerprint density at radius 1 is 1.06 bits per heavy atom. The van der Waals surface area contributed by atoms with Gasteiger partial charge in [-0.3, -0.25) is 9.59 Å². The summed E-state index contributed by atoms with van der Waals surface area (Å²) in [6.07, 6.45) is 7.43. The van der Waals surface area contributed by atoms with Crippen molar-refractivity contribution < 1.29 is 14.3 Å². The fourth-order valence-electron chi connectivity index (χ4n) is 4.10. The molecule has 2 aromatic rings. The smallest absolute Gasteiger partial charge is 0.207 e. The van der Waals surface area contributed by atoms with Gasteiger partial charge in [0.15, 0.2) is 0 Å². The number of benzene rings is 2. The second-order valence-electron chi connectivity index (χ2n) is 7.47. The van der Waals surface area contributed by atoms with Gasteiger partial charge in [-0.05, 0) is 36.5 Å². The van der Waals surface area contributed by atoms with Gasteiger partial charge in [0.1, 0.15) is 0 Å². The molecule has 0 aromatic heterocycles. The Labute approximate surface area is 203 Å². The molecule has 0 bridgehead atoms. The van der Waals surface area contributed by atoms with E-state index in [2.05, 4.69) is 58.0 Å². The normalized spacial score (nSPS) is 15.9. The van der Waals surface area contributed by atoms with E-state index in [4.69, 9.17) is 9.53 Å². The molecule has 7 heteroatoms. The van der Waals surface area contributed by atoms with Crippen LogP contribution >= 0.6 is 11.9 Å². The number of hydrogen-bond acceptors (Lipinski definition) is 5. The van der Waals surface area contributed by atoms with Crippen molar-refractivity contribution in [1.82, 2.24) is 5.32 Å². The van der Waals surface area contributed by atoms with Crippen LogP contribution in [0.5, 0.6) is 0 Å². The Morgan fingerprint density at radius 2 is 1.73 bits per heavy atom. The van der Waals surface area contributed by atoms with Crippen LogP contribution in [0, 0.1) is 0 Å². The fraction of sp³-hybridized carbons (Fsp3) is 0.462. The quantitative estimate of drug-likeness (QED) is 0.266. The minimum atomic E-state index is 0.0923. The van der Waals surface area contributed by atoms with Gasteiger partial charge >= 0.3 is 0 Å². The highest BCUT2D eigenvalue weighted by Crippen LogP contribution is 2.47. The number of amides is 2. The van der Waals surface area contributed by atoms with Gasteiger partial charge in [0.05, 0.1) is 12.3 Å². The average Bonchev–Trinajstić information content (AvgIpc) is 3.18. The van der Waals surface area contributed by atoms with Crippen LogP contribution in [0.1, 0.15) is 50.7 Å². The number of ether oxygens (including phenoxy) is 1. The van der Waals surface area contributed by atoms with E-state index in [0.717, 1.165) is 45.2 Å². The Morgan fingerprint density at radius 3 is 2.39 bits per heavy atom. The number of primary amides is 1. The standard InChI is InChI=1S/C23H30N2O2S.C2H6.CH3NO/c1-28-25-18-23(14-15-24-19-26,21-11-5-6-12-22(21)25)13-7-8-16-27-17-20-9-3-2-4-10-20;1-2;2-1-3/h2-6,9-12,19H,7-8,13-18H2,1H3,(H,24,26);1-2H3;1H,(H2,2,3). The number of anilines is 1. The maximum absolute atomic E-state index is 10.8. The number of carbonyl (C=O) groups excluding carboxylic acids is 2. The number of unbranched alkanes of at least 4 members (excludes halogenated alkanes) is 1. The number of hydrogen-bond donors (Lipinski definition) is 2. The predicted molar refractivity (Wildman–Crippen MR) is 139 cm³/mol. The SMILES string of the molecule is CC.CSN1CC(CCCCOCc2ccccc2)(CCNC=O)c2ccccc21.NC=O. The topological polar surface area (TPSA) is 84.7 Å². The van der Waals surface area contributed by atoms with E-state index in [1.165, 1.54) is 16.8 Å². The molecule has 182 valence electrons. The van der Waals surface area contributed by atoms with Gasteiger partial charge < -0.3 is 20.1 Å². The van der Waals surface area contributed by atoms with Crippen molar-refractivity contribution >= 4 is 30.5 Å². The summed E-state index contributed by atoms with van der Waals surface area (Å²) in [7, 11) is 0. The third-order valence-electron chi connectivity index (χ3n) is 5.55. The molecule has 3 N–H and O–H groups in total. The van der Waals surface area contributed by atoms with Crippen molar-refractivity contribution in [1.29, 1.82) is 0 Å². The number of nitrogens with one attached hydrogen (secondary N) is 1. The summed E-state index contributed by atoms with van der Waals surface area (Å²) >= 11 is 1.78. The van der Waals surface area contributed by atoms with E-state index in [1.54, 1.807) is 11.9 Å². The first kappa shape index (κ1) is 28.5. The molecule has 1 unspecified atom stereocenters. The molecule has 1 atom stereocenters. The lowest BCUT2D eigenvalue weighted by Gasteiger charge is -2.30. The molecular formula is C26H39N3O3S. The van der Waals surface area contributed by atoms with Crippen molar-refractivity contribution in [2.75, 3.05) is 30.3 Å². The molecular weight excluding hydrogens is 434 g/mol. The molecule has 2 aromatic carbocycles. The zero-order chi connectivity index (χ0) is 24.4. The molecule has 1 heterocycles. The number of nitrogens with two attached hydrogens (primary N) is 1. The van der Waals surface area contributed by atoms with Crippen LogP contribution < -0.4 is 15.4 Å². The minimum Gasteiger partial charge on any atom is -0.377 e. The summed E-state index contributed by atoms with van der Waals surface area (Å²) in [4.78, 5) is 19.3. The van der Waals surface area contributed by atoms with Crippen molar-refractivity contribution in [3.8, 4) is 0 Å². The van der Waals surface area contributed by atoms with E-state index in [0.29, 0.717) is 13.2 Å². The Hall–Kier alpha value is -2.51. The Bertz CT molecular complexity index is 791. The first-order valence-electron chi connectivity index (χ1n) is 11.6. The maximum atomic E-state index is 10.8. The maximum Gasteiger partial charge on any atom is 0.207 e. The highest BCUT2D eigenvalue weighted by molar-refractivity contribution is 8.00. The van der Waals surface area contributed by atoms with Gasteiger partial charge in [-0.2, -0.15) is 0 Å². The lowest BCUT2D eigenvalue weighted by atomic mass is 9.75. The lowest BCUT2D eigenvalue weighted by molar-refractivity contribution is -0.109. The Balaban J connectivity index is 0.00000101. The summed E-state index contributed by atoms with van der Waals surface area (Å²) in [6.45, 7) is 7.17. The van der Waals surface area contributed by atoms with Crippen molar-refractivity contribution in [2.45, 2.75) is 51.6 Å². The number of carbonyl (C=O) groups is 2. The van der Waals surface area contributed by atoms with E-state index in [1.807, 2.05) is 32.0 Å². The Kier molecular flexibility index (Phi) is 14.7. The van der Waals surface area contributed by atoms with Crippen LogP contribution in [0.25, 0.3) is 0 Å². The van der Waals surface area contributed by atoms with Crippen LogP contribution in [-0.2, 0) is 26.3 Å². The first-order chi connectivity index (χ1) is 16.2. The van der Waals surface area contributed by atoms with Gasteiger partial charge in [-0.1, -0.05) is 80.7 Å². The van der Waals surface area contributed by atoms with Gasteiger partial charge in [-0.15, -0.1) is 0 Å². The molecule has 3 rings (SSSR count). The molecule has 0 fully saturated rings. The average molecular weight is 474 g/mol. The molecule has 0 saturated heterocycles. The molecule has 0 saturated carbocycles. The van der Waals surface area contributed by atoms with Gasteiger partial charge in [0.25, 0.3) is 0 Å². The summed E-state index contributed by atoms with van der Waals surface area (Å²) in [5, 5.41) is 2.86.